The summed E-state index contributed by atoms with van der Waals surface area (Å²) in [4.78, 5) is 0. The van der Waals surface area contributed by atoms with Gasteiger partial charge >= 0.3 is 0 Å². The smallest absolute Gasteiger partial charge is 0.143 e. The Labute approximate surface area is 69.4 Å². The summed E-state index contributed by atoms with van der Waals surface area (Å²) in [5, 5.41) is 0.517. The van der Waals surface area contributed by atoms with Crippen LogP contribution in [0.15, 0.2) is 12.1 Å². The molecule has 0 aliphatic rings. The van der Waals surface area contributed by atoms with Crippen molar-refractivity contribution in [2.24, 2.45) is 0 Å². The van der Waals surface area contributed by atoms with Crippen LogP contribution in [0.3, 0.4) is 0 Å². The van der Waals surface area contributed by atoms with Gasteiger partial charge in [0.2, 0.25) is 0 Å². The van der Waals surface area contributed by atoms with E-state index in [9.17, 15) is 4.39 Å². The molecule has 0 aliphatic heterocycles. The molecule has 1 aromatic rings. The van der Waals surface area contributed by atoms with Gasteiger partial charge in [0, 0.05) is 5.02 Å². The predicted octanol–water partition coefficient (Wildman–Crippen LogP) is 1.39. The molecule has 0 radical (unpaired) electrons. The van der Waals surface area contributed by atoms with Crippen molar-refractivity contribution in [1.82, 2.24) is 0 Å². The van der Waals surface area contributed by atoms with Crippen molar-refractivity contribution < 1.29 is 4.39 Å². The van der Waals surface area contributed by atoms with Crippen molar-refractivity contribution in [3.05, 3.63) is 28.0 Å². The van der Waals surface area contributed by atoms with Crippen LogP contribution < -0.4 is 5.46 Å². The first-order valence-electron chi connectivity index (χ1n) is 2.72. The fourth-order valence-electron chi connectivity index (χ4n) is 0.622. The molecule has 10 heavy (non-hydrogen) atoms. The minimum Gasteiger partial charge on any atom is -0.205 e. The summed E-state index contributed by atoms with van der Waals surface area (Å²) >= 11 is 11.0. The van der Waals surface area contributed by atoms with E-state index in [1.165, 1.54) is 12.1 Å². The topological polar surface area (TPSA) is 0 Å². The summed E-state index contributed by atoms with van der Waals surface area (Å²) in [6.07, 6.45) is 0. The molecular formula is C6H4BCl2F. The zero-order valence-corrected chi connectivity index (χ0v) is 6.80. The molecule has 1 aromatic carbocycles. The van der Waals surface area contributed by atoms with Crippen LogP contribution >= 0.6 is 23.2 Å². The first-order valence-corrected chi connectivity index (χ1v) is 3.48. The maximum atomic E-state index is 12.5. The molecule has 0 heterocycles. The van der Waals surface area contributed by atoms with Crippen molar-refractivity contribution in [3.63, 3.8) is 0 Å². The molecular weight excluding hydrogens is 173 g/mol. The predicted molar refractivity (Wildman–Crippen MR) is 44.6 cm³/mol. The quantitative estimate of drug-likeness (QED) is 0.414. The molecule has 4 heteroatoms. The molecule has 0 amide bonds. The molecule has 0 aliphatic carbocycles. The summed E-state index contributed by atoms with van der Waals surface area (Å²) in [5.74, 6) is -0.475. The molecule has 0 N–H and O–H groups in total. The van der Waals surface area contributed by atoms with E-state index in [2.05, 4.69) is 0 Å². The van der Waals surface area contributed by atoms with Crippen molar-refractivity contribution in [2.75, 3.05) is 0 Å². The fourth-order valence-corrected chi connectivity index (χ4v) is 0.991. The summed E-state index contributed by atoms with van der Waals surface area (Å²) in [5.41, 5.74) is 0.785. The Bertz CT molecular complexity index is 212. The van der Waals surface area contributed by atoms with E-state index in [1.807, 2.05) is 0 Å². The second-order valence-electron chi connectivity index (χ2n) is 2.02. The Balaban J connectivity index is 3.28. The van der Waals surface area contributed by atoms with Crippen molar-refractivity contribution in [1.29, 1.82) is 0 Å². The van der Waals surface area contributed by atoms with Gasteiger partial charge in [-0.05, 0) is 12.1 Å². The van der Waals surface area contributed by atoms with E-state index in [-0.39, 0.29) is 5.02 Å². The highest BCUT2D eigenvalue weighted by molar-refractivity contribution is 6.46. The van der Waals surface area contributed by atoms with Gasteiger partial charge in [-0.15, -0.1) is 0 Å². The Morgan fingerprint density at radius 3 is 2.30 bits per heavy atom. The van der Waals surface area contributed by atoms with Crippen molar-refractivity contribution >= 4 is 36.5 Å². The van der Waals surface area contributed by atoms with Crippen LogP contribution in [0.4, 0.5) is 4.39 Å². The van der Waals surface area contributed by atoms with E-state index >= 15 is 0 Å². The molecule has 0 saturated carbocycles. The SMILES string of the molecule is Bc1cc(Cl)c(F)cc1Cl. The number of hydrogen-bond acceptors (Lipinski definition) is 0. The first-order chi connectivity index (χ1) is 4.61. The Morgan fingerprint density at radius 2 is 1.80 bits per heavy atom. The van der Waals surface area contributed by atoms with E-state index < -0.39 is 5.82 Å². The van der Waals surface area contributed by atoms with Crippen molar-refractivity contribution in [2.45, 2.75) is 0 Å². The third-order valence-corrected chi connectivity index (χ3v) is 1.90. The van der Waals surface area contributed by atoms with Gasteiger partial charge in [-0.1, -0.05) is 28.7 Å². The third kappa shape index (κ3) is 1.44. The molecule has 0 nitrogen and oxygen atoms in total. The van der Waals surface area contributed by atoms with Gasteiger partial charge in [-0.3, -0.25) is 0 Å². The maximum Gasteiger partial charge on any atom is 0.143 e. The van der Waals surface area contributed by atoms with E-state index in [1.54, 1.807) is 7.85 Å². The lowest BCUT2D eigenvalue weighted by Gasteiger charge is -1.98. The molecule has 0 saturated heterocycles. The minimum absolute atomic E-state index is 0.113. The van der Waals surface area contributed by atoms with Crippen LogP contribution in [0.25, 0.3) is 0 Å². The van der Waals surface area contributed by atoms with Crippen LogP contribution in [0.1, 0.15) is 0 Å². The number of rotatable bonds is 0. The lowest BCUT2D eigenvalue weighted by molar-refractivity contribution is 0.629. The Kier molecular flexibility index (Phi) is 2.22. The monoisotopic (exact) mass is 176 g/mol. The standard InChI is InChI=1S/C6H4BCl2F/c7-3-1-5(9)6(10)2-4(3)8/h1-2H,7H2. The summed E-state index contributed by atoms with van der Waals surface area (Å²) < 4.78 is 12.5. The molecule has 0 spiro atoms. The molecule has 0 unspecified atom stereocenters. The van der Waals surface area contributed by atoms with Gasteiger partial charge in [-0.2, -0.15) is 0 Å². The van der Waals surface area contributed by atoms with Gasteiger partial charge in [-0.25, -0.2) is 4.39 Å². The molecule has 0 atom stereocenters. The lowest BCUT2D eigenvalue weighted by atomic mass is 9.96. The van der Waals surface area contributed by atoms with Crippen LogP contribution in [0.5, 0.6) is 0 Å². The van der Waals surface area contributed by atoms with Crippen LogP contribution in [-0.4, -0.2) is 7.85 Å². The van der Waals surface area contributed by atoms with Gasteiger partial charge in [0.1, 0.15) is 13.7 Å². The highest BCUT2D eigenvalue weighted by Crippen LogP contribution is 2.15. The second-order valence-corrected chi connectivity index (χ2v) is 2.83. The highest BCUT2D eigenvalue weighted by Gasteiger charge is 2.01. The average Bonchev–Trinajstić information content (AvgIpc) is 1.84. The summed E-state index contributed by atoms with van der Waals surface area (Å²) in [6.45, 7) is 0. The zero-order chi connectivity index (χ0) is 7.72. The largest absolute Gasteiger partial charge is 0.205 e. The minimum atomic E-state index is -0.475. The van der Waals surface area contributed by atoms with Crippen LogP contribution in [-0.2, 0) is 0 Å². The van der Waals surface area contributed by atoms with E-state index in [0.717, 1.165) is 5.46 Å². The fraction of sp³-hybridized carbons (Fsp3) is 0. The van der Waals surface area contributed by atoms with E-state index in [0.29, 0.717) is 5.02 Å². The van der Waals surface area contributed by atoms with Crippen LogP contribution in [0.2, 0.25) is 10.0 Å². The Morgan fingerprint density at radius 1 is 1.20 bits per heavy atom. The van der Waals surface area contributed by atoms with Gasteiger partial charge < -0.3 is 0 Å². The molecule has 52 valence electrons. The highest BCUT2D eigenvalue weighted by atomic mass is 35.5. The molecule has 0 fully saturated rings. The Hall–Kier alpha value is -0.205. The summed E-state index contributed by atoms with van der Waals surface area (Å²) in [7, 11) is 1.77. The van der Waals surface area contributed by atoms with Crippen molar-refractivity contribution in [3.8, 4) is 0 Å². The molecule has 0 bridgehead atoms. The lowest BCUT2D eigenvalue weighted by Crippen LogP contribution is -2.03. The molecule has 0 aromatic heterocycles. The normalized spacial score (nSPS) is 9.90. The molecule has 1 rings (SSSR count). The number of hydrogen-bond donors (Lipinski definition) is 0. The van der Waals surface area contributed by atoms with Gasteiger partial charge in [0.25, 0.3) is 0 Å². The number of benzene rings is 1. The van der Waals surface area contributed by atoms with Crippen LogP contribution in [0, 0.1) is 5.82 Å². The number of halogens is 3. The maximum absolute atomic E-state index is 12.5. The zero-order valence-electron chi connectivity index (χ0n) is 5.29. The van der Waals surface area contributed by atoms with Gasteiger partial charge in [0.05, 0.1) is 5.02 Å². The first kappa shape index (κ1) is 7.90. The average molecular weight is 177 g/mol. The van der Waals surface area contributed by atoms with E-state index in [4.69, 9.17) is 23.2 Å². The third-order valence-electron chi connectivity index (χ3n) is 1.20. The second kappa shape index (κ2) is 2.81. The van der Waals surface area contributed by atoms with Gasteiger partial charge in [0.15, 0.2) is 0 Å². The summed E-state index contributed by atoms with van der Waals surface area (Å²) in [6, 6.07) is 2.71.